The third kappa shape index (κ3) is 3.60. The average molecular weight is 404 g/mol. The van der Waals surface area contributed by atoms with E-state index in [1.54, 1.807) is 30.5 Å². The molecule has 9 heteroatoms. The lowest BCUT2D eigenvalue weighted by atomic mass is 10.1. The molecule has 0 radical (unpaired) electrons. The van der Waals surface area contributed by atoms with Gasteiger partial charge in [0.1, 0.15) is 0 Å². The van der Waals surface area contributed by atoms with Crippen molar-refractivity contribution in [2.45, 2.75) is 12.8 Å². The molecular formula is C19H22ClN5O3. The Kier molecular flexibility index (Phi) is 5.69. The number of carbonyl (C=O) groups is 3. The summed E-state index contributed by atoms with van der Waals surface area (Å²) in [6, 6.07) is 6.69. The number of nitrogens with zero attached hydrogens (tertiary/aromatic N) is 5. The highest BCUT2D eigenvalue weighted by Gasteiger charge is 2.30. The predicted octanol–water partition coefficient (Wildman–Crippen LogP) is 1.46. The standard InChI is InChI=1S/C19H21N5O3.ClH/c1-21-9-8-20-19(21)23-12-10-22(11-13-23)18(27)14-2-4-15(5-3-14)24-16(25)6-7-17(24)26;/h2-5,8-9H,6-7,10-13H2,1H3;1H. The third-order valence-electron chi connectivity index (χ3n) is 5.07. The zero-order valence-electron chi connectivity index (χ0n) is 15.6. The van der Waals surface area contributed by atoms with E-state index < -0.39 is 0 Å². The van der Waals surface area contributed by atoms with Crippen LogP contribution in [0.3, 0.4) is 0 Å². The number of halogens is 1. The molecule has 3 amide bonds. The van der Waals surface area contributed by atoms with Gasteiger partial charge in [0.05, 0.1) is 5.69 Å². The summed E-state index contributed by atoms with van der Waals surface area (Å²) in [4.78, 5) is 45.9. The topological polar surface area (TPSA) is 78.8 Å². The second-order valence-electron chi connectivity index (χ2n) is 6.79. The largest absolute Gasteiger partial charge is 0.339 e. The fraction of sp³-hybridized carbons (Fsp3) is 0.368. The molecule has 4 rings (SSSR count). The van der Waals surface area contributed by atoms with Crippen LogP contribution in [0.2, 0.25) is 0 Å². The van der Waals surface area contributed by atoms with E-state index in [-0.39, 0.29) is 43.0 Å². The molecule has 1 aromatic heterocycles. The first kappa shape index (κ1) is 19.9. The van der Waals surface area contributed by atoms with Gasteiger partial charge < -0.3 is 14.4 Å². The van der Waals surface area contributed by atoms with Crippen LogP contribution in [-0.4, -0.2) is 58.4 Å². The predicted molar refractivity (Wildman–Crippen MR) is 107 cm³/mol. The van der Waals surface area contributed by atoms with Crippen LogP contribution < -0.4 is 9.80 Å². The van der Waals surface area contributed by atoms with Crippen molar-refractivity contribution >= 4 is 41.8 Å². The van der Waals surface area contributed by atoms with E-state index in [0.29, 0.717) is 24.3 Å². The molecule has 148 valence electrons. The number of piperazine rings is 1. The molecular weight excluding hydrogens is 382 g/mol. The molecule has 2 aromatic rings. The minimum Gasteiger partial charge on any atom is -0.339 e. The van der Waals surface area contributed by atoms with Gasteiger partial charge in [0, 0.05) is 64.0 Å². The van der Waals surface area contributed by atoms with Gasteiger partial charge >= 0.3 is 0 Å². The number of aromatic nitrogens is 2. The highest BCUT2D eigenvalue weighted by Crippen LogP contribution is 2.23. The minimum absolute atomic E-state index is 0. The Morgan fingerprint density at radius 1 is 0.964 bits per heavy atom. The quantitative estimate of drug-likeness (QED) is 0.725. The molecule has 0 N–H and O–H groups in total. The highest BCUT2D eigenvalue weighted by atomic mass is 35.5. The molecule has 0 saturated carbocycles. The second kappa shape index (κ2) is 8.02. The summed E-state index contributed by atoms with van der Waals surface area (Å²) in [6.07, 6.45) is 4.17. The Hall–Kier alpha value is -2.87. The minimum atomic E-state index is -0.190. The van der Waals surface area contributed by atoms with Gasteiger partial charge in [-0.2, -0.15) is 0 Å². The Balaban J connectivity index is 0.00000225. The molecule has 8 nitrogen and oxygen atoms in total. The number of hydrogen-bond acceptors (Lipinski definition) is 5. The maximum absolute atomic E-state index is 12.8. The Morgan fingerprint density at radius 2 is 1.57 bits per heavy atom. The van der Waals surface area contributed by atoms with E-state index in [4.69, 9.17) is 0 Å². The molecule has 0 aliphatic carbocycles. The van der Waals surface area contributed by atoms with Gasteiger partial charge in [-0.3, -0.25) is 19.3 Å². The lowest BCUT2D eigenvalue weighted by Gasteiger charge is -2.35. The van der Waals surface area contributed by atoms with Crippen LogP contribution in [0.25, 0.3) is 0 Å². The molecule has 1 aromatic carbocycles. The smallest absolute Gasteiger partial charge is 0.253 e. The van der Waals surface area contributed by atoms with Crippen LogP contribution in [0.15, 0.2) is 36.7 Å². The summed E-state index contributed by atoms with van der Waals surface area (Å²) in [5.74, 6) is 0.487. The molecule has 2 aliphatic heterocycles. The molecule has 3 heterocycles. The van der Waals surface area contributed by atoms with Gasteiger partial charge in [0.2, 0.25) is 17.8 Å². The lowest BCUT2D eigenvalue weighted by Crippen LogP contribution is -2.49. The SMILES string of the molecule is Cl.Cn1ccnc1N1CCN(C(=O)c2ccc(N3C(=O)CCC3=O)cc2)CC1. The van der Waals surface area contributed by atoms with E-state index in [2.05, 4.69) is 9.88 Å². The van der Waals surface area contributed by atoms with E-state index in [9.17, 15) is 14.4 Å². The summed E-state index contributed by atoms with van der Waals surface area (Å²) in [6.45, 7) is 2.70. The molecule has 2 saturated heterocycles. The molecule has 0 unspecified atom stereocenters. The number of benzene rings is 1. The van der Waals surface area contributed by atoms with Crippen LogP contribution in [0.1, 0.15) is 23.2 Å². The van der Waals surface area contributed by atoms with Crippen LogP contribution in [0, 0.1) is 0 Å². The van der Waals surface area contributed by atoms with Crippen molar-refractivity contribution in [3.8, 4) is 0 Å². The average Bonchev–Trinajstić information content (AvgIpc) is 3.26. The molecule has 0 spiro atoms. The number of imide groups is 1. The number of anilines is 2. The highest BCUT2D eigenvalue weighted by molar-refractivity contribution is 6.19. The van der Waals surface area contributed by atoms with Crippen molar-refractivity contribution < 1.29 is 14.4 Å². The summed E-state index contributed by atoms with van der Waals surface area (Å²) in [5, 5.41) is 0. The Labute approximate surface area is 169 Å². The number of rotatable bonds is 3. The first-order chi connectivity index (χ1) is 13.0. The van der Waals surface area contributed by atoms with Crippen LogP contribution in [0.4, 0.5) is 11.6 Å². The molecule has 2 fully saturated rings. The van der Waals surface area contributed by atoms with Crippen molar-refractivity contribution in [3.63, 3.8) is 0 Å². The van der Waals surface area contributed by atoms with Crippen molar-refractivity contribution in [2.24, 2.45) is 7.05 Å². The van der Waals surface area contributed by atoms with Gasteiger partial charge in [0.15, 0.2) is 0 Å². The third-order valence-corrected chi connectivity index (χ3v) is 5.07. The zero-order valence-corrected chi connectivity index (χ0v) is 16.4. The van der Waals surface area contributed by atoms with Crippen LogP contribution in [-0.2, 0) is 16.6 Å². The van der Waals surface area contributed by atoms with E-state index in [1.165, 1.54) is 4.90 Å². The fourth-order valence-electron chi connectivity index (χ4n) is 3.57. The first-order valence-electron chi connectivity index (χ1n) is 9.02. The Morgan fingerprint density at radius 3 is 2.11 bits per heavy atom. The van der Waals surface area contributed by atoms with E-state index in [1.807, 2.05) is 22.7 Å². The van der Waals surface area contributed by atoms with Crippen molar-refractivity contribution in [2.75, 3.05) is 36.0 Å². The second-order valence-corrected chi connectivity index (χ2v) is 6.79. The summed E-state index contributed by atoms with van der Waals surface area (Å²) >= 11 is 0. The van der Waals surface area contributed by atoms with Crippen molar-refractivity contribution in [3.05, 3.63) is 42.2 Å². The van der Waals surface area contributed by atoms with Gasteiger partial charge in [-0.1, -0.05) is 0 Å². The molecule has 2 aliphatic rings. The molecule has 0 bridgehead atoms. The molecule has 0 atom stereocenters. The maximum Gasteiger partial charge on any atom is 0.253 e. The van der Waals surface area contributed by atoms with Gasteiger partial charge in [-0.25, -0.2) is 4.98 Å². The lowest BCUT2D eigenvalue weighted by molar-refractivity contribution is -0.121. The number of imidazole rings is 1. The van der Waals surface area contributed by atoms with Crippen molar-refractivity contribution in [1.82, 2.24) is 14.5 Å². The number of hydrogen-bond donors (Lipinski definition) is 0. The number of carbonyl (C=O) groups excluding carboxylic acids is 3. The normalized spacial score (nSPS) is 17.1. The fourth-order valence-corrected chi connectivity index (χ4v) is 3.57. The monoisotopic (exact) mass is 403 g/mol. The van der Waals surface area contributed by atoms with Gasteiger partial charge in [0.25, 0.3) is 5.91 Å². The number of aryl methyl sites for hydroxylation is 1. The summed E-state index contributed by atoms with van der Waals surface area (Å²) in [5.41, 5.74) is 1.09. The summed E-state index contributed by atoms with van der Waals surface area (Å²) < 4.78 is 1.97. The van der Waals surface area contributed by atoms with E-state index >= 15 is 0 Å². The van der Waals surface area contributed by atoms with Gasteiger partial charge in [-0.15, -0.1) is 12.4 Å². The Bertz CT molecular complexity index is 871. The van der Waals surface area contributed by atoms with E-state index in [0.717, 1.165) is 19.0 Å². The van der Waals surface area contributed by atoms with Gasteiger partial charge in [-0.05, 0) is 24.3 Å². The summed E-state index contributed by atoms with van der Waals surface area (Å²) in [7, 11) is 1.96. The zero-order chi connectivity index (χ0) is 19.0. The van der Waals surface area contributed by atoms with Crippen LogP contribution in [0.5, 0.6) is 0 Å². The maximum atomic E-state index is 12.8. The number of amides is 3. The molecule has 28 heavy (non-hydrogen) atoms. The first-order valence-corrected chi connectivity index (χ1v) is 9.02. The van der Waals surface area contributed by atoms with Crippen molar-refractivity contribution in [1.29, 1.82) is 0 Å². The van der Waals surface area contributed by atoms with Crippen LogP contribution >= 0.6 is 12.4 Å².